The Morgan fingerprint density at radius 2 is 1.88 bits per heavy atom. The van der Waals surface area contributed by atoms with E-state index in [0.717, 1.165) is 43.6 Å². The first-order valence-electron chi connectivity index (χ1n) is 9.66. The van der Waals surface area contributed by atoms with Crippen molar-refractivity contribution in [3.05, 3.63) is 36.4 Å². The van der Waals surface area contributed by atoms with Gasteiger partial charge in [-0.2, -0.15) is 5.10 Å². The maximum absolute atomic E-state index is 5.50. The summed E-state index contributed by atoms with van der Waals surface area (Å²) in [5.74, 6) is 0.622. The highest BCUT2D eigenvalue weighted by Gasteiger charge is 2.28. The average Bonchev–Trinajstić information content (AvgIpc) is 3.38. The monoisotopic (exact) mass is 351 g/mol. The highest BCUT2D eigenvalue weighted by atomic mass is 16.5. The Kier molecular flexibility index (Phi) is 4.22. The molecule has 1 saturated heterocycles. The molecule has 0 aromatic carbocycles. The minimum Gasteiger partial charge on any atom is -0.379 e. The summed E-state index contributed by atoms with van der Waals surface area (Å²) in [6.45, 7) is 3.98. The van der Waals surface area contributed by atoms with Crippen LogP contribution in [-0.2, 0) is 4.74 Å². The van der Waals surface area contributed by atoms with E-state index < -0.39 is 0 Å². The standard InChI is InChI=1S/C20H25N5O/c1-3-17(25-5-7-26-8-6-25)4-2-14(1)15-9-18-19(16-11-23-24-12-16)13-22-20(18)21-10-15/h9-14,17H,1-8H2,(H,21,22)(H,23,24). The van der Waals surface area contributed by atoms with Crippen molar-refractivity contribution in [2.45, 2.75) is 37.6 Å². The first-order valence-corrected chi connectivity index (χ1v) is 9.66. The highest BCUT2D eigenvalue weighted by Crippen LogP contribution is 2.37. The van der Waals surface area contributed by atoms with Crippen molar-refractivity contribution in [2.24, 2.45) is 0 Å². The Labute approximate surface area is 153 Å². The van der Waals surface area contributed by atoms with E-state index in [9.17, 15) is 0 Å². The third-order valence-electron chi connectivity index (χ3n) is 6.09. The molecule has 26 heavy (non-hydrogen) atoms. The number of nitrogens with zero attached hydrogens (tertiary/aromatic N) is 3. The van der Waals surface area contributed by atoms with Crippen LogP contribution in [0.4, 0.5) is 0 Å². The summed E-state index contributed by atoms with van der Waals surface area (Å²) in [6, 6.07) is 3.07. The molecule has 0 bridgehead atoms. The van der Waals surface area contributed by atoms with Crippen molar-refractivity contribution in [1.82, 2.24) is 25.1 Å². The lowest BCUT2D eigenvalue weighted by molar-refractivity contribution is 0.00729. The Hall–Kier alpha value is -2.18. The minimum absolute atomic E-state index is 0.622. The number of rotatable bonds is 3. The molecule has 3 aromatic rings. The maximum atomic E-state index is 5.50. The molecule has 0 atom stereocenters. The van der Waals surface area contributed by atoms with E-state index in [1.807, 2.05) is 18.6 Å². The molecular formula is C20H25N5O. The normalized spacial score (nSPS) is 24.9. The second-order valence-corrected chi connectivity index (χ2v) is 7.51. The second kappa shape index (κ2) is 6.85. The molecule has 1 saturated carbocycles. The summed E-state index contributed by atoms with van der Waals surface area (Å²) in [7, 11) is 0. The molecular weight excluding hydrogens is 326 g/mol. The molecule has 1 aliphatic carbocycles. The number of ether oxygens (including phenoxy) is 1. The summed E-state index contributed by atoms with van der Waals surface area (Å²) in [4.78, 5) is 10.6. The van der Waals surface area contributed by atoms with E-state index in [-0.39, 0.29) is 0 Å². The lowest BCUT2D eigenvalue weighted by Crippen LogP contribution is -2.44. The van der Waals surface area contributed by atoms with Crippen molar-refractivity contribution in [1.29, 1.82) is 0 Å². The molecule has 5 rings (SSSR count). The van der Waals surface area contributed by atoms with Gasteiger partial charge in [0.1, 0.15) is 5.65 Å². The van der Waals surface area contributed by atoms with Crippen LogP contribution in [0.3, 0.4) is 0 Å². The number of pyridine rings is 1. The van der Waals surface area contributed by atoms with Gasteiger partial charge >= 0.3 is 0 Å². The van der Waals surface area contributed by atoms with Crippen molar-refractivity contribution >= 4 is 11.0 Å². The average molecular weight is 351 g/mol. The van der Waals surface area contributed by atoms with Crippen LogP contribution in [-0.4, -0.2) is 57.4 Å². The summed E-state index contributed by atoms with van der Waals surface area (Å²) in [6.07, 6.45) is 13.0. The van der Waals surface area contributed by atoms with Crippen LogP contribution in [0.25, 0.3) is 22.2 Å². The first-order chi connectivity index (χ1) is 12.9. The third kappa shape index (κ3) is 2.93. The number of hydrogen-bond acceptors (Lipinski definition) is 4. The SMILES string of the molecule is c1n[nH]cc1-c1c[nH]c2ncc(C3CCC(N4CCOCC4)CC3)cc12. The second-order valence-electron chi connectivity index (χ2n) is 7.51. The molecule has 0 spiro atoms. The van der Waals surface area contributed by atoms with Gasteiger partial charge in [0.15, 0.2) is 0 Å². The zero-order chi connectivity index (χ0) is 17.3. The number of aromatic amines is 2. The first kappa shape index (κ1) is 16.0. The van der Waals surface area contributed by atoms with Gasteiger partial charge in [0.2, 0.25) is 0 Å². The Morgan fingerprint density at radius 1 is 1.04 bits per heavy atom. The van der Waals surface area contributed by atoms with Gasteiger partial charge in [-0.3, -0.25) is 10.00 Å². The number of hydrogen-bond donors (Lipinski definition) is 2. The van der Waals surface area contributed by atoms with Gasteiger partial charge in [0, 0.05) is 54.2 Å². The van der Waals surface area contributed by atoms with Crippen molar-refractivity contribution in [3.8, 4) is 11.1 Å². The summed E-state index contributed by atoms with van der Waals surface area (Å²) in [5.41, 5.74) is 4.60. The van der Waals surface area contributed by atoms with Crippen LogP contribution in [0.1, 0.15) is 37.2 Å². The van der Waals surface area contributed by atoms with Crippen LogP contribution in [0.5, 0.6) is 0 Å². The van der Waals surface area contributed by atoms with Crippen molar-refractivity contribution < 1.29 is 4.74 Å². The molecule has 2 N–H and O–H groups in total. The Bertz CT molecular complexity index is 858. The number of fused-ring (bicyclic) bond motifs is 1. The zero-order valence-electron chi connectivity index (χ0n) is 14.9. The van der Waals surface area contributed by atoms with E-state index in [1.54, 1.807) is 0 Å². The molecule has 6 heteroatoms. The summed E-state index contributed by atoms with van der Waals surface area (Å²) >= 11 is 0. The highest BCUT2D eigenvalue weighted by molar-refractivity contribution is 5.93. The van der Waals surface area contributed by atoms with Gasteiger partial charge in [-0.1, -0.05) is 0 Å². The van der Waals surface area contributed by atoms with Crippen LogP contribution in [0, 0.1) is 0 Å². The number of nitrogens with one attached hydrogen (secondary N) is 2. The van der Waals surface area contributed by atoms with Gasteiger partial charge < -0.3 is 9.72 Å². The molecule has 0 radical (unpaired) electrons. The molecule has 1 aliphatic heterocycles. The van der Waals surface area contributed by atoms with Crippen LogP contribution in [0.2, 0.25) is 0 Å². The smallest absolute Gasteiger partial charge is 0.137 e. The number of H-pyrrole nitrogens is 2. The van der Waals surface area contributed by atoms with E-state index in [0.29, 0.717) is 5.92 Å². The largest absolute Gasteiger partial charge is 0.379 e. The van der Waals surface area contributed by atoms with Crippen molar-refractivity contribution in [3.63, 3.8) is 0 Å². The van der Waals surface area contributed by atoms with Gasteiger partial charge in [-0.25, -0.2) is 4.98 Å². The Balaban J connectivity index is 1.34. The minimum atomic E-state index is 0.622. The van der Waals surface area contributed by atoms with Gasteiger partial charge in [-0.15, -0.1) is 0 Å². The predicted octanol–water partition coefficient (Wildman–Crippen LogP) is 3.31. The maximum Gasteiger partial charge on any atom is 0.137 e. The zero-order valence-corrected chi connectivity index (χ0v) is 14.9. The molecule has 3 aromatic heterocycles. The third-order valence-corrected chi connectivity index (χ3v) is 6.09. The molecule has 2 fully saturated rings. The fourth-order valence-corrected chi connectivity index (χ4v) is 4.60. The molecule has 4 heterocycles. The molecule has 0 amide bonds. The number of aromatic nitrogens is 4. The quantitative estimate of drug-likeness (QED) is 0.759. The Morgan fingerprint density at radius 3 is 2.65 bits per heavy atom. The van der Waals surface area contributed by atoms with Gasteiger partial charge in [-0.05, 0) is 43.2 Å². The van der Waals surface area contributed by atoms with Crippen molar-refractivity contribution in [2.75, 3.05) is 26.3 Å². The van der Waals surface area contributed by atoms with E-state index in [1.165, 1.54) is 42.2 Å². The lowest BCUT2D eigenvalue weighted by atomic mass is 9.81. The fraction of sp³-hybridized carbons (Fsp3) is 0.500. The topological polar surface area (TPSA) is 69.8 Å². The summed E-state index contributed by atoms with van der Waals surface area (Å²) in [5, 5.41) is 8.17. The van der Waals surface area contributed by atoms with E-state index in [4.69, 9.17) is 4.74 Å². The fourth-order valence-electron chi connectivity index (χ4n) is 4.60. The van der Waals surface area contributed by atoms with Crippen LogP contribution < -0.4 is 0 Å². The number of morpholine rings is 1. The van der Waals surface area contributed by atoms with Crippen LogP contribution >= 0.6 is 0 Å². The van der Waals surface area contributed by atoms with Gasteiger partial charge in [0.25, 0.3) is 0 Å². The predicted molar refractivity (Wildman–Crippen MR) is 101 cm³/mol. The van der Waals surface area contributed by atoms with E-state index in [2.05, 4.69) is 37.3 Å². The molecule has 2 aliphatic rings. The van der Waals surface area contributed by atoms with Crippen LogP contribution in [0.15, 0.2) is 30.9 Å². The lowest BCUT2D eigenvalue weighted by Gasteiger charge is -2.38. The molecule has 6 nitrogen and oxygen atoms in total. The molecule has 136 valence electrons. The summed E-state index contributed by atoms with van der Waals surface area (Å²) < 4.78 is 5.50. The molecule has 0 unspecified atom stereocenters. The van der Waals surface area contributed by atoms with E-state index >= 15 is 0 Å². The van der Waals surface area contributed by atoms with Gasteiger partial charge in [0.05, 0.1) is 19.4 Å².